The number of hydrogen-bond donors (Lipinski definition) is 1. The van der Waals surface area contributed by atoms with Gasteiger partial charge in [-0.05, 0) is 43.0 Å². The van der Waals surface area contributed by atoms with Crippen LogP contribution in [-0.2, 0) is 6.42 Å². The van der Waals surface area contributed by atoms with Crippen molar-refractivity contribution in [3.63, 3.8) is 0 Å². The van der Waals surface area contributed by atoms with E-state index in [4.69, 9.17) is 11.6 Å². The van der Waals surface area contributed by atoms with Gasteiger partial charge in [-0.25, -0.2) is 0 Å². The van der Waals surface area contributed by atoms with E-state index in [1.165, 1.54) is 5.56 Å². The van der Waals surface area contributed by atoms with Crippen molar-refractivity contribution in [2.75, 3.05) is 7.05 Å². The number of hydrogen-bond acceptors (Lipinski definition) is 1. The predicted octanol–water partition coefficient (Wildman–Crippen LogP) is 4.53. The molecule has 0 aromatic heterocycles. The molecule has 2 unspecified atom stereocenters. The summed E-state index contributed by atoms with van der Waals surface area (Å²) in [4.78, 5) is 0. The van der Waals surface area contributed by atoms with Crippen LogP contribution in [0, 0.1) is 11.8 Å². The second-order valence-corrected chi connectivity index (χ2v) is 6.26. The lowest BCUT2D eigenvalue weighted by Gasteiger charge is -2.27. The van der Waals surface area contributed by atoms with Crippen LogP contribution < -0.4 is 5.32 Å². The lowest BCUT2D eigenvalue weighted by Crippen LogP contribution is -2.36. The highest BCUT2D eigenvalue weighted by Gasteiger charge is 2.19. The van der Waals surface area contributed by atoms with Crippen LogP contribution in [0.2, 0.25) is 5.02 Å². The van der Waals surface area contributed by atoms with Gasteiger partial charge in [0.1, 0.15) is 0 Å². The second-order valence-electron chi connectivity index (χ2n) is 4.94. The molecule has 0 heterocycles. The highest BCUT2D eigenvalue weighted by molar-refractivity contribution is 9.10. The molecule has 0 saturated heterocycles. The molecule has 0 radical (unpaired) electrons. The van der Waals surface area contributed by atoms with Crippen LogP contribution in [0.3, 0.4) is 0 Å². The van der Waals surface area contributed by atoms with Crippen LogP contribution in [0.25, 0.3) is 0 Å². The number of benzene rings is 1. The minimum atomic E-state index is 0.466. The fraction of sp³-hybridized carbons (Fsp3) is 0.571. The van der Waals surface area contributed by atoms with Gasteiger partial charge in [-0.1, -0.05) is 54.4 Å². The van der Waals surface area contributed by atoms with E-state index < -0.39 is 0 Å². The first-order valence-electron chi connectivity index (χ1n) is 6.07. The summed E-state index contributed by atoms with van der Waals surface area (Å²) in [5.74, 6) is 1.29. The molecule has 0 bridgehead atoms. The third-order valence-corrected chi connectivity index (χ3v) is 4.36. The maximum Gasteiger partial charge on any atom is 0.0449 e. The van der Waals surface area contributed by atoms with E-state index >= 15 is 0 Å². The van der Waals surface area contributed by atoms with Gasteiger partial charge in [-0.3, -0.25) is 0 Å². The Hall–Kier alpha value is -0.0500. The third kappa shape index (κ3) is 4.27. The monoisotopic (exact) mass is 317 g/mol. The normalized spacial score (nSPS) is 15.0. The van der Waals surface area contributed by atoms with Crippen LogP contribution in [0.15, 0.2) is 22.7 Å². The molecule has 1 rings (SSSR count). The summed E-state index contributed by atoms with van der Waals surface area (Å²) < 4.78 is 1.03. The lowest BCUT2D eigenvalue weighted by molar-refractivity contribution is 0.310. The molecule has 0 fully saturated rings. The molecule has 0 aliphatic rings. The van der Waals surface area contributed by atoms with Crippen molar-refractivity contribution in [2.45, 2.75) is 33.2 Å². The molecule has 96 valence electrons. The minimum absolute atomic E-state index is 0.466. The molecule has 1 N–H and O–H groups in total. The first-order chi connectivity index (χ1) is 7.95. The maximum atomic E-state index is 6.26. The zero-order chi connectivity index (χ0) is 13.0. The number of nitrogens with one attached hydrogen (secondary N) is 1. The van der Waals surface area contributed by atoms with E-state index in [1.54, 1.807) is 0 Å². The van der Waals surface area contributed by atoms with E-state index in [1.807, 2.05) is 19.2 Å². The quantitative estimate of drug-likeness (QED) is 0.841. The average molecular weight is 319 g/mol. The smallest absolute Gasteiger partial charge is 0.0449 e. The van der Waals surface area contributed by atoms with Crippen LogP contribution in [0.5, 0.6) is 0 Å². The Bertz CT molecular complexity index is 365. The molecule has 0 spiro atoms. The highest BCUT2D eigenvalue weighted by atomic mass is 79.9. The predicted molar refractivity (Wildman–Crippen MR) is 79.7 cm³/mol. The molecule has 3 heteroatoms. The molecule has 1 aromatic carbocycles. The van der Waals surface area contributed by atoms with Crippen LogP contribution >= 0.6 is 27.5 Å². The Morgan fingerprint density at radius 2 is 1.94 bits per heavy atom. The van der Waals surface area contributed by atoms with Crippen LogP contribution in [0.4, 0.5) is 0 Å². The molecule has 0 amide bonds. The Morgan fingerprint density at radius 1 is 1.29 bits per heavy atom. The summed E-state index contributed by atoms with van der Waals surface area (Å²) in [7, 11) is 2.02. The van der Waals surface area contributed by atoms with Crippen LogP contribution in [-0.4, -0.2) is 13.1 Å². The van der Waals surface area contributed by atoms with Crippen molar-refractivity contribution in [3.8, 4) is 0 Å². The summed E-state index contributed by atoms with van der Waals surface area (Å²) in [6.45, 7) is 6.81. The fourth-order valence-electron chi connectivity index (χ4n) is 1.94. The summed E-state index contributed by atoms with van der Waals surface area (Å²) in [6.07, 6.45) is 0.974. The van der Waals surface area contributed by atoms with Crippen molar-refractivity contribution in [2.24, 2.45) is 11.8 Å². The molecule has 0 aliphatic carbocycles. The standard InChI is InChI=1S/C14H21BrClN/c1-9(2)10(3)14(17-4)7-11-5-6-12(15)8-13(11)16/h5-6,8-10,14,17H,7H2,1-4H3. The Labute approximate surface area is 118 Å². The third-order valence-electron chi connectivity index (χ3n) is 3.51. The van der Waals surface area contributed by atoms with Gasteiger partial charge in [-0.15, -0.1) is 0 Å². The highest BCUT2D eigenvalue weighted by Crippen LogP contribution is 2.25. The number of rotatable bonds is 5. The van der Waals surface area contributed by atoms with Gasteiger partial charge in [0.15, 0.2) is 0 Å². The van der Waals surface area contributed by atoms with E-state index in [-0.39, 0.29) is 0 Å². The summed E-state index contributed by atoms with van der Waals surface area (Å²) in [5.41, 5.74) is 1.21. The summed E-state index contributed by atoms with van der Waals surface area (Å²) in [6, 6.07) is 6.58. The molecule has 1 aromatic rings. The number of halogens is 2. The van der Waals surface area contributed by atoms with Crippen molar-refractivity contribution >= 4 is 27.5 Å². The summed E-state index contributed by atoms with van der Waals surface area (Å²) in [5, 5.41) is 4.25. The molecular formula is C14H21BrClN. The van der Waals surface area contributed by atoms with Gasteiger partial charge in [0.2, 0.25) is 0 Å². The van der Waals surface area contributed by atoms with Crippen LogP contribution in [0.1, 0.15) is 26.3 Å². The minimum Gasteiger partial charge on any atom is -0.316 e. The molecule has 0 aliphatic heterocycles. The van der Waals surface area contributed by atoms with E-state index in [9.17, 15) is 0 Å². The fourth-order valence-corrected chi connectivity index (χ4v) is 2.69. The van der Waals surface area contributed by atoms with Gasteiger partial charge in [0.05, 0.1) is 0 Å². The van der Waals surface area contributed by atoms with Crippen molar-refractivity contribution in [1.82, 2.24) is 5.32 Å². The van der Waals surface area contributed by atoms with E-state index in [0.29, 0.717) is 17.9 Å². The first kappa shape index (κ1) is 15.0. The molecule has 2 atom stereocenters. The Balaban J connectivity index is 2.80. The topological polar surface area (TPSA) is 12.0 Å². The number of likely N-dealkylation sites (N-methyl/N-ethyl adjacent to an activating group) is 1. The van der Waals surface area contributed by atoms with Gasteiger partial charge in [0, 0.05) is 15.5 Å². The zero-order valence-electron chi connectivity index (χ0n) is 10.9. The molecule has 0 saturated carbocycles. The van der Waals surface area contributed by atoms with Crippen molar-refractivity contribution in [3.05, 3.63) is 33.3 Å². The molecule has 17 heavy (non-hydrogen) atoms. The first-order valence-corrected chi connectivity index (χ1v) is 7.24. The Kier molecular flexibility index (Phi) is 5.98. The Morgan fingerprint density at radius 3 is 2.41 bits per heavy atom. The molecule has 1 nitrogen and oxygen atoms in total. The van der Waals surface area contributed by atoms with Gasteiger partial charge < -0.3 is 5.32 Å². The SMILES string of the molecule is CNC(Cc1ccc(Br)cc1Cl)C(C)C(C)C. The van der Waals surface area contributed by atoms with Crippen molar-refractivity contribution < 1.29 is 0 Å². The van der Waals surface area contributed by atoms with Gasteiger partial charge in [-0.2, -0.15) is 0 Å². The van der Waals surface area contributed by atoms with Gasteiger partial charge >= 0.3 is 0 Å². The van der Waals surface area contributed by atoms with E-state index in [0.717, 1.165) is 15.9 Å². The maximum absolute atomic E-state index is 6.26. The zero-order valence-corrected chi connectivity index (χ0v) is 13.3. The average Bonchev–Trinajstić information content (AvgIpc) is 2.27. The van der Waals surface area contributed by atoms with E-state index in [2.05, 4.69) is 48.1 Å². The summed E-state index contributed by atoms with van der Waals surface area (Å²) >= 11 is 9.69. The largest absolute Gasteiger partial charge is 0.316 e. The second kappa shape index (κ2) is 6.77. The molecular weight excluding hydrogens is 298 g/mol. The van der Waals surface area contributed by atoms with Gasteiger partial charge in [0.25, 0.3) is 0 Å². The van der Waals surface area contributed by atoms with Crippen molar-refractivity contribution in [1.29, 1.82) is 0 Å². The lowest BCUT2D eigenvalue weighted by atomic mass is 9.87.